The van der Waals surface area contributed by atoms with E-state index in [0.29, 0.717) is 21.2 Å². The molecule has 0 aromatic carbocycles. The zero-order valence-corrected chi connectivity index (χ0v) is 5.77. The average Bonchev–Trinajstić information content (AvgIpc) is 1.72. The van der Waals surface area contributed by atoms with E-state index in [0.717, 1.165) is 11.2 Å². The predicted molar refractivity (Wildman–Crippen MR) is 20.3 cm³/mol. The molecule has 1 heterocycles. The molecule has 1 aliphatic heterocycles. The van der Waals surface area contributed by atoms with Gasteiger partial charge in [-0.25, -0.2) is 0 Å². The van der Waals surface area contributed by atoms with E-state index in [1.807, 2.05) is 0 Å². The molecule has 0 bridgehead atoms. The van der Waals surface area contributed by atoms with Crippen molar-refractivity contribution in [1.82, 2.24) is 0 Å². The van der Waals surface area contributed by atoms with Crippen LogP contribution in [0.2, 0.25) is 0 Å². The van der Waals surface area contributed by atoms with Crippen molar-refractivity contribution in [3.63, 3.8) is 0 Å². The second-order valence-electron chi connectivity index (χ2n) is 1.25. The van der Waals surface area contributed by atoms with Crippen LogP contribution in [-0.4, -0.2) is 15.6 Å². The van der Waals surface area contributed by atoms with Crippen molar-refractivity contribution >= 4 is 0 Å². The topological polar surface area (TPSA) is 9.23 Å². The number of alkyl halides is 2. The Morgan fingerprint density at radius 2 is 2.50 bits per heavy atom. The number of halogens is 1. The fourth-order valence-electron chi connectivity index (χ4n) is 0.415. The summed E-state index contributed by atoms with van der Waals surface area (Å²) in [6.45, 7) is 1.03. The number of hydrogen-bond donors (Lipinski definition) is 0. The molecular weight excluding hydrogens is 191 g/mol. The van der Waals surface area contributed by atoms with Crippen LogP contribution in [0.5, 0.6) is 0 Å². The van der Waals surface area contributed by atoms with Gasteiger partial charge in [-0.1, -0.05) is 0 Å². The van der Waals surface area contributed by atoms with E-state index in [9.17, 15) is 0 Å². The van der Waals surface area contributed by atoms with E-state index in [1.54, 1.807) is 0 Å². The first-order valence-electron chi connectivity index (χ1n) is 2.11. The van der Waals surface area contributed by atoms with Crippen LogP contribution >= 0.6 is 0 Å². The van der Waals surface area contributed by atoms with Crippen molar-refractivity contribution in [3.8, 4) is 0 Å². The molecule has 1 aliphatic rings. The molecule has 1 rings (SSSR count). The first kappa shape index (κ1) is 4.84. The Morgan fingerprint density at radius 3 is 2.67 bits per heavy atom. The standard InChI is InChI=1S/C4H8IO/c1-2-5-4-6-3-1/h1-4H2/q-1. The predicted octanol–water partition coefficient (Wildman–Crippen LogP) is -2.55. The Bertz CT molecular complexity index is 23.0. The van der Waals surface area contributed by atoms with Crippen LogP contribution in [0.1, 0.15) is 6.42 Å². The summed E-state index contributed by atoms with van der Waals surface area (Å²) in [5, 5.41) is 0. The van der Waals surface area contributed by atoms with Gasteiger partial charge in [0.2, 0.25) is 0 Å². The Labute approximate surface area is 48.3 Å². The van der Waals surface area contributed by atoms with Crippen LogP contribution in [0.15, 0.2) is 0 Å². The third kappa shape index (κ3) is 1.43. The normalized spacial score (nSPS) is 25.3. The molecule has 1 saturated heterocycles. The van der Waals surface area contributed by atoms with Crippen molar-refractivity contribution in [3.05, 3.63) is 0 Å². The molecule has 1 nitrogen and oxygen atoms in total. The third-order valence-corrected chi connectivity index (χ3v) is 3.12. The molecule has 0 aliphatic carbocycles. The molecule has 0 amide bonds. The summed E-state index contributed by atoms with van der Waals surface area (Å²) in [7, 11) is 0. The Morgan fingerprint density at radius 1 is 1.50 bits per heavy atom. The van der Waals surface area contributed by atoms with Crippen LogP contribution in [0.3, 0.4) is 0 Å². The van der Waals surface area contributed by atoms with E-state index in [4.69, 9.17) is 4.74 Å². The summed E-state index contributed by atoms with van der Waals surface area (Å²) in [5.74, 6) is 0. The molecule has 0 atom stereocenters. The van der Waals surface area contributed by atoms with Crippen molar-refractivity contribution in [2.75, 3.05) is 15.6 Å². The third-order valence-electron chi connectivity index (χ3n) is 0.710. The maximum absolute atomic E-state index is 5.12. The minimum atomic E-state index is 0.493. The van der Waals surface area contributed by atoms with Crippen molar-refractivity contribution in [1.29, 1.82) is 0 Å². The Balaban J connectivity index is 2.00. The van der Waals surface area contributed by atoms with Crippen molar-refractivity contribution in [2.24, 2.45) is 0 Å². The SMILES string of the molecule is C1COC[I-]C1. The maximum atomic E-state index is 5.12. The fraction of sp³-hybridized carbons (Fsp3) is 1.00. The van der Waals surface area contributed by atoms with Crippen LogP contribution < -0.4 is 21.2 Å². The van der Waals surface area contributed by atoms with Crippen LogP contribution in [0.25, 0.3) is 0 Å². The quantitative estimate of drug-likeness (QED) is 0.308. The van der Waals surface area contributed by atoms with Gasteiger partial charge in [0, 0.05) is 0 Å². The molecular formula is C4H8IO-. The zero-order chi connectivity index (χ0) is 4.24. The molecule has 0 aromatic rings. The summed E-state index contributed by atoms with van der Waals surface area (Å²) in [6, 6.07) is 0. The summed E-state index contributed by atoms with van der Waals surface area (Å²) in [5.41, 5.74) is 0. The Hall–Kier alpha value is 0.690. The average molecular weight is 199 g/mol. The second kappa shape index (κ2) is 2.80. The summed E-state index contributed by atoms with van der Waals surface area (Å²) in [6.07, 6.45) is 1.33. The molecule has 2 heteroatoms. The number of rotatable bonds is 0. The summed E-state index contributed by atoms with van der Waals surface area (Å²) < 4.78 is 7.71. The van der Waals surface area contributed by atoms with E-state index in [-0.39, 0.29) is 0 Å². The van der Waals surface area contributed by atoms with E-state index < -0.39 is 0 Å². The minimum absolute atomic E-state index is 0.493. The van der Waals surface area contributed by atoms with Crippen LogP contribution in [-0.2, 0) is 4.74 Å². The van der Waals surface area contributed by atoms with Gasteiger partial charge in [0.15, 0.2) is 0 Å². The van der Waals surface area contributed by atoms with Gasteiger partial charge in [-0.05, 0) is 0 Å². The molecule has 0 aromatic heterocycles. The number of ether oxygens (including phenoxy) is 1. The summed E-state index contributed by atoms with van der Waals surface area (Å²) >= 11 is 0.493. The molecule has 0 N–H and O–H groups in total. The molecule has 38 valence electrons. The molecule has 1 fully saturated rings. The second-order valence-corrected chi connectivity index (χ2v) is 4.03. The first-order valence-corrected chi connectivity index (χ1v) is 5.16. The van der Waals surface area contributed by atoms with Gasteiger partial charge in [-0.2, -0.15) is 0 Å². The van der Waals surface area contributed by atoms with Gasteiger partial charge in [0.05, 0.1) is 0 Å². The van der Waals surface area contributed by atoms with Gasteiger partial charge in [-0.3, -0.25) is 0 Å². The molecule has 0 radical (unpaired) electrons. The van der Waals surface area contributed by atoms with Gasteiger partial charge < -0.3 is 0 Å². The molecule has 0 unspecified atom stereocenters. The van der Waals surface area contributed by atoms with Crippen LogP contribution in [0.4, 0.5) is 0 Å². The first-order chi connectivity index (χ1) is 3.00. The number of hydrogen-bond acceptors (Lipinski definition) is 1. The fourth-order valence-corrected chi connectivity index (χ4v) is 2.20. The van der Waals surface area contributed by atoms with Gasteiger partial charge in [-0.15, -0.1) is 0 Å². The monoisotopic (exact) mass is 199 g/mol. The molecule has 6 heavy (non-hydrogen) atoms. The molecule has 0 saturated carbocycles. The van der Waals surface area contributed by atoms with Gasteiger partial charge >= 0.3 is 48.0 Å². The van der Waals surface area contributed by atoms with E-state index in [2.05, 4.69) is 0 Å². The van der Waals surface area contributed by atoms with Gasteiger partial charge in [0.25, 0.3) is 0 Å². The van der Waals surface area contributed by atoms with E-state index in [1.165, 1.54) is 10.8 Å². The Kier molecular flexibility index (Phi) is 2.26. The molecule has 0 spiro atoms. The van der Waals surface area contributed by atoms with E-state index >= 15 is 0 Å². The summed E-state index contributed by atoms with van der Waals surface area (Å²) in [4.78, 5) is 0. The van der Waals surface area contributed by atoms with Crippen LogP contribution in [0, 0.1) is 0 Å². The van der Waals surface area contributed by atoms with Crippen molar-refractivity contribution in [2.45, 2.75) is 6.42 Å². The van der Waals surface area contributed by atoms with Crippen molar-refractivity contribution < 1.29 is 25.9 Å². The zero-order valence-electron chi connectivity index (χ0n) is 3.61. The van der Waals surface area contributed by atoms with Gasteiger partial charge in [0.1, 0.15) is 0 Å².